The van der Waals surface area contributed by atoms with E-state index in [4.69, 9.17) is 10.5 Å². The summed E-state index contributed by atoms with van der Waals surface area (Å²) < 4.78 is 20.6. The lowest BCUT2D eigenvalue weighted by Gasteiger charge is -2.07. The molecule has 1 aromatic heterocycles. The Morgan fingerprint density at radius 3 is 2.89 bits per heavy atom. The van der Waals surface area contributed by atoms with Gasteiger partial charge in [-0.15, -0.1) is 0 Å². The summed E-state index contributed by atoms with van der Waals surface area (Å²) in [7, 11) is 0. The summed E-state index contributed by atoms with van der Waals surface area (Å²) in [6, 6.07) is 4.51. The number of rotatable bonds is 7. The number of nitrogen functional groups attached to an aromatic ring is 1. The molecule has 0 aliphatic rings. The van der Waals surface area contributed by atoms with Crippen molar-refractivity contribution in [3.05, 3.63) is 24.0 Å². The molecule has 0 saturated carbocycles. The van der Waals surface area contributed by atoms with Crippen LogP contribution in [0.4, 0.5) is 10.3 Å². The van der Waals surface area contributed by atoms with Crippen LogP contribution in [-0.2, 0) is 11.3 Å². The Bertz CT molecular complexity index is 539. The van der Waals surface area contributed by atoms with Crippen molar-refractivity contribution in [2.45, 2.75) is 32.7 Å². The van der Waals surface area contributed by atoms with Crippen molar-refractivity contribution in [2.75, 3.05) is 18.9 Å². The van der Waals surface area contributed by atoms with E-state index in [1.807, 2.05) is 4.57 Å². The van der Waals surface area contributed by atoms with Gasteiger partial charge in [-0.05, 0) is 31.0 Å². The summed E-state index contributed by atoms with van der Waals surface area (Å²) in [5, 5.41) is 0. The maximum atomic E-state index is 13.2. The normalized spacial score (nSPS) is 11.3. The van der Waals surface area contributed by atoms with Crippen LogP contribution in [0.5, 0.6) is 0 Å². The molecule has 19 heavy (non-hydrogen) atoms. The Morgan fingerprint density at radius 2 is 2.11 bits per heavy atom. The van der Waals surface area contributed by atoms with Crippen molar-refractivity contribution in [1.82, 2.24) is 9.55 Å². The zero-order valence-electron chi connectivity index (χ0n) is 11.2. The lowest BCUT2D eigenvalue weighted by molar-refractivity contribution is 0.126. The molecule has 0 unspecified atom stereocenters. The van der Waals surface area contributed by atoms with Gasteiger partial charge in [-0.25, -0.2) is 9.37 Å². The topological polar surface area (TPSA) is 53.1 Å². The van der Waals surface area contributed by atoms with Gasteiger partial charge in [0, 0.05) is 19.8 Å². The number of aromatic nitrogens is 2. The molecule has 0 aliphatic carbocycles. The first-order valence-corrected chi connectivity index (χ1v) is 6.71. The van der Waals surface area contributed by atoms with Crippen LogP contribution in [-0.4, -0.2) is 22.8 Å². The summed E-state index contributed by atoms with van der Waals surface area (Å²) >= 11 is 0. The lowest BCUT2D eigenvalue weighted by Crippen LogP contribution is -2.06. The van der Waals surface area contributed by atoms with Crippen molar-refractivity contribution >= 4 is 17.0 Å². The Morgan fingerprint density at radius 1 is 1.32 bits per heavy atom. The standard InChI is InChI=1S/C14H20FN3O/c1-2-3-8-19-9-4-7-18-13-10-11(15)5-6-12(13)17-14(18)16/h5-6,10H,2-4,7-9H2,1H3,(H2,16,17). The highest BCUT2D eigenvalue weighted by atomic mass is 19.1. The highest BCUT2D eigenvalue weighted by Crippen LogP contribution is 2.19. The number of hydrogen-bond donors (Lipinski definition) is 1. The SMILES string of the molecule is CCCCOCCCn1c(N)nc2ccc(F)cc21. The van der Waals surface area contributed by atoms with Crippen molar-refractivity contribution in [3.8, 4) is 0 Å². The lowest BCUT2D eigenvalue weighted by atomic mass is 10.3. The number of nitrogens with zero attached hydrogens (tertiary/aromatic N) is 2. The molecule has 1 heterocycles. The van der Waals surface area contributed by atoms with E-state index in [1.54, 1.807) is 6.07 Å². The summed E-state index contributed by atoms with van der Waals surface area (Å²) in [6.07, 6.45) is 3.07. The van der Waals surface area contributed by atoms with Crippen LogP contribution in [0.25, 0.3) is 11.0 Å². The molecular weight excluding hydrogens is 245 g/mol. The van der Waals surface area contributed by atoms with E-state index in [9.17, 15) is 4.39 Å². The fourth-order valence-corrected chi connectivity index (χ4v) is 2.02. The summed E-state index contributed by atoms with van der Waals surface area (Å²) in [6.45, 7) is 4.31. The van der Waals surface area contributed by atoms with Crippen LogP contribution in [0.3, 0.4) is 0 Å². The van der Waals surface area contributed by atoms with Gasteiger partial charge in [0.1, 0.15) is 5.82 Å². The molecule has 0 amide bonds. The predicted octanol–water partition coefficient (Wildman–Crippen LogP) is 2.96. The number of fused-ring (bicyclic) bond motifs is 1. The maximum absolute atomic E-state index is 13.2. The van der Waals surface area contributed by atoms with E-state index >= 15 is 0 Å². The smallest absolute Gasteiger partial charge is 0.201 e. The third-order valence-corrected chi connectivity index (χ3v) is 3.05. The van der Waals surface area contributed by atoms with Crippen LogP contribution in [0.2, 0.25) is 0 Å². The highest BCUT2D eigenvalue weighted by molar-refractivity contribution is 5.78. The quantitative estimate of drug-likeness (QED) is 0.783. The van der Waals surface area contributed by atoms with Crippen molar-refractivity contribution in [2.24, 2.45) is 0 Å². The molecule has 0 atom stereocenters. The fraction of sp³-hybridized carbons (Fsp3) is 0.500. The van der Waals surface area contributed by atoms with Crippen molar-refractivity contribution < 1.29 is 9.13 Å². The molecule has 2 N–H and O–H groups in total. The molecule has 2 rings (SSSR count). The van der Waals surface area contributed by atoms with Crippen LogP contribution in [0.15, 0.2) is 18.2 Å². The third kappa shape index (κ3) is 3.44. The molecule has 2 aromatic rings. The second-order valence-corrected chi connectivity index (χ2v) is 4.57. The Balaban J connectivity index is 1.96. The number of hydrogen-bond acceptors (Lipinski definition) is 3. The maximum Gasteiger partial charge on any atom is 0.201 e. The van der Waals surface area contributed by atoms with E-state index in [0.717, 1.165) is 36.9 Å². The van der Waals surface area contributed by atoms with Gasteiger partial charge in [0.2, 0.25) is 5.95 Å². The molecule has 0 radical (unpaired) electrons. The first-order valence-electron chi connectivity index (χ1n) is 6.71. The number of aryl methyl sites for hydroxylation is 1. The number of unbranched alkanes of at least 4 members (excludes halogenated alkanes) is 1. The van der Waals surface area contributed by atoms with Crippen LogP contribution in [0, 0.1) is 5.82 Å². The zero-order valence-corrected chi connectivity index (χ0v) is 11.2. The number of nitrogens with two attached hydrogens (primary N) is 1. The molecule has 0 fully saturated rings. The Labute approximate surface area is 112 Å². The van der Waals surface area contributed by atoms with Crippen LogP contribution >= 0.6 is 0 Å². The molecule has 0 saturated heterocycles. The fourth-order valence-electron chi connectivity index (χ4n) is 2.02. The van der Waals surface area contributed by atoms with E-state index in [0.29, 0.717) is 19.1 Å². The van der Waals surface area contributed by atoms with Gasteiger partial charge in [-0.1, -0.05) is 13.3 Å². The minimum atomic E-state index is -0.271. The van der Waals surface area contributed by atoms with E-state index in [-0.39, 0.29) is 5.82 Å². The molecule has 5 heteroatoms. The Hall–Kier alpha value is -1.62. The molecular formula is C14H20FN3O. The van der Waals surface area contributed by atoms with Gasteiger partial charge in [0.15, 0.2) is 0 Å². The van der Waals surface area contributed by atoms with Gasteiger partial charge in [-0.3, -0.25) is 0 Å². The highest BCUT2D eigenvalue weighted by Gasteiger charge is 2.08. The van der Waals surface area contributed by atoms with Gasteiger partial charge in [-0.2, -0.15) is 0 Å². The average Bonchev–Trinajstić information content (AvgIpc) is 2.69. The number of ether oxygens (including phenoxy) is 1. The molecule has 104 valence electrons. The number of halogens is 1. The number of imidazole rings is 1. The van der Waals surface area contributed by atoms with E-state index in [2.05, 4.69) is 11.9 Å². The second kappa shape index (κ2) is 6.52. The zero-order chi connectivity index (χ0) is 13.7. The van der Waals surface area contributed by atoms with Crippen molar-refractivity contribution in [3.63, 3.8) is 0 Å². The molecule has 0 bridgehead atoms. The largest absolute Gasteiger partial charge is 0.381 e. The first-order chi connectivity index (χ1) is 9.22. The summed E-state index contributed by atoms with van der Waals surface area (Å²) in [5.41, 5.74) is 7.32. The van der Waals surface area contributed by atoms with Crippen molar-refractivity contribution in [1.29, 1.82) is 0 Å². The van der Waals surface area contributed by atoms with Gasteiger partial charge in [0.05, 0.1) is 11.0 Å². The Kier molecular flexibility index (Phi) is 4.74. The van der Waals surface area contributed by atoms with Gasteiger partial charge < -0.3 is 15.0 Å². The number of anilines is 1. The summed E-state index contributed by atoms with van der Waals surface area (Å²) in [4.78, 5) is 4.22. The molecule has 4 nitrogen and oxygen atoms in total. The molecule has 0 spiro atoms. The van der Waals surface area contributed by atoms with Crippen LogP contribution < -0.4 is 5.73 Å². The minimum absolute atomic E-state index is 0.271. The minimum Gasteiger partial charge on any atom is -0.381 e. The predicted molar refractivity (Wildman–Crippen MR) is 74.4 cm³/mol. The molecule has 1 aromatic carbocycles. The average molecular weight is 265 g/mol. The summed E-state index contributed by atoms with van der Waals surface area (Å²) in [5.74, 6) is 0.155. The third-order valence-electron chi connectivity index (χ3n) is 3.05. The first kappa shape index (κ1) is 13.8. The molecule has 0 aliphatic heterocycles. The second-order valence-electron chi connectivity index (χ2n) is 4.57. The van der Waals surface area contributed by atoms with E-state index in [1.165, 1.54) is 12.1 Å². The van der Waals surface area contributed by atoms with Gasteiger partial charge >= 0.3 is 0 Å². The monoisotopic (exact) mass is 265 g/mol. The van der Waals surface area contributed by atoms with E-state index < -0.39 is 0 Å². The number of benzene rings is 1. The van der Waals surface area contributed by atoms with Crippen LogP contribution in [0.1, 0.15) is 26.2 Å². The van der Waals surface area contributed by atoms with Gasteiger partial charge in [0.25, 0.3) is 0 Å².